The Morgan fingerprint density at radius 2 is 1.96 bits per heavy atom. The van der Waals surface area contributed by atoms with Crippen LogP contribution < -0.4 is 16.0 Å². The van der Waals surface area contributed by atoms with E-state index < -0.39 is 11.9 Å². The third-order valence-electron chi connectivity index (χ3n) is 4.20. The molecular formula is C20H23N5O2. The number of hydrogen-bond donors (Lipinski definition) is 4. The van der Waals surface area contributed by atoms with Gasteiger partial charge < -0.3 is 16.0 Å². The molecule has 1 atom stereocenters. The van der Waals surface area contributed by atoms with Gasteiger partial charge in [0.2, 0.25) is 5.91 Å². The van der Waals surface area contributed by atoms with E-state index in [1.54, 1.807) is 6.92 Å². The Balaban J connectivity index is 1.63. The molecule has 7 nitrogen and oxygen atoms in total. The van der Waals surface area contributed by atoms with E-state index in [1.165, 1.54) is 0 Å². The van der Waals surface area contributed by atoms with E-state index in [1.807, 2.05) is 55.5 Å². The highest BCUT2D eigenvalue weighted by Gasteiger charge is 2.20. The lowest BCUT2D eigenvalue weighted by Crippen LogP contribution is -2.41. The molecule has 0 saturated heterocycles. The van der Waals surface area contributed by atoms with Gasteiger partial charge in [-0.3, -0.25) is 14.7 Å². The molecule has 0 fully saturated rings. The number of nitrogens with one attached hydrogen (secondary N) is 4. The predicted molar refractivity (Wildman–Crippen MR) is 105 cm³/mol. The van der Waals surface area contributed by atoms with Gasteiger partial charge in [0.05, 0.1) is 5.52 Å². The lowest BCUT2D eigenvalue weighted by Gasteiger charge is -2.14. The van der Waals surface area contributed by atoms with E-state index in [0.717, 1.165) is 29.6 Å². The van der Waals surface area contributed by atoms with Crippen LogP contribution in [0.15, 0.2) is 48.5 Å². The zero-order valence-corrected chi connectivity index (χ0v) is 15.4. The average Bonchev–Trinajstić information content (AvgIpc) is 3.11. The fourth-order valence-corrected chi connectivity index (χ4v) is 2.75. The van der Waals surface area contributed by atoms with Crippen molar-refractivity contribution >= 4 is 28.4 Å². The van der Waals surface area contributed by atoms with Crippen LogP contribution in [0.5, 0.6) is 0 Å². The van der Waals surface area contributed by atoms with Gasteiger partial charge in [-0.1, -0.05) is 37.3 Å². The van der Waals surface area contributed by atoms with Crippen LogP contribution in [-0.2, 0) is 11.3 Å². The van der Waals surface area contributed by atoms with Crippen molar-refractivity contribution in [3.63, 3.8) is 0 Å². The van der Waals surface area contributed by atoms with Gasteiger partial charge in [0, 0.05) is 17.6 Å². The van der Waals surface area contributed by atoms with Crippen molar-refractivity contribution in [1.29, 1.82) is 0 Å². The van der Waals surface area contributed by atoms with Crippen LogP contribution in [0.2, 0.25) is 0 Å². The molecule has 0 spiro atoms. The Hall–Kier alpha value is -3.19. The summed E-state index contributed by atoms with van der Waals surface area (Å²) in [4.78, 5) is 24.9. The minimum absolute atomic E-state index is 0.276. The van der Waals surface area contributed by atoms with Crippen molar-refractivity contribution in [2.45, 2.75) is 26.4 Å². The molecule has 0 radical (unpaired) electrons. The zero-order valence-electron chi connectivity index (χ0n) is 15.4. The summed E-state index contributed by atoms with van der Waals surface area (Å²) in [7, 11) is 0. The van der Waals surface area contributed by atoms with Crippen LogP contribution in [0.3, 0.4) is 0 Å². The molecule has 0 aliphatic heterocycles. The van der Waals surface area contributed by atoms with Crippen molar-refractivity contribution < 1.29 is 9.59 Å². The third-order valence-corrected chi connectivity index (χ3v) is 4.20. The molecule has 1 heterocycles. The Kier molecular flexibility index (Phi) is 5.83. The lowest BCUT2D eigenvalue weighted by atomic mass is 10.2. The summed E-state index contributed by atoms with van der Waals surface area (Å²) >= 11 is 0. The van der Waals surface area contributed by atoms with E-state index in [2.05, 4.69) is 26.1 Å². The fourth-order valence-electron chi connectivity index (χ4n) is 2.75. The molecule has 1 unspecified atom stereocenters. The molecular weight excluding hydrogens is 342 g/mol. The summed E-state index contributed by atoms with van der Waals surface area (Å²) in [6.45, 7) is 5.30. The fraction of sp³-hybridized carbons (Fsp3) is 0.250. The number of fused-ring (bicyclic) bond motifs is 1. The number of amides is 2. The van der Waals surface area contributed by atoms with E-state index >= 15 is 0 Å². The molecule has 0 aliphatic carbocycles. The molecule has 2 amide bonds. The molecule has 0 saturated carbocycles. The maximum atomic E-state index is 12.5. The zero-order chi connectivity index (χ0) is 19.2. The molecule has 3 rings (SSSR count). The Morgan fingerprint density at radius 3 is 2.78 bits per heavy atom. The van der Waals surface area contributed by atoms with Gasteiger partial charge in [0.25, 0.3) is 5.91 Å². The maximum Gasteiger partial charge on any atom is 0.273 e. The first kappa shape index (κ1) is 18.6. The van der Waals surface area contributed by atoms with Gasteiger partial charge in [-0.05, 0) is 37.2 Å². The highest BCUT2D eigenvalue weighted by Crippen LogP contribution is 2.15. The molecule has 0 aliphatic rings. The normalized spacial score (nSPS) is 11.9. The molecule has 27 heavy (non-hydrogen) atoms. The van der Waals surface area contributed by atoms with Crippen LogP contribution >= 0.6 is 0 Å². The van der Waals surface area contributed by atoms with Gasteiger partial charge in [0.15, 0.2) is 5.69 Å². The van der Waals surface area contributed by atoms with Gasteiger partial charge >= 0.3 is 0 Å². The average molecular weight is 365 g/mol. The van der Waals surface area contributed by atoms with Crippen LogP contribution in [0.4, 0.5) is 5.69 Å². The maximum absolute atomic E-state index is 12.5. The van der Waals surface area contributed by atoms with E-state index in [9.17, 15) is 9.59 Å². The quantitative estimate of drug-likeness (QED) is 0.517. The predicted octanol–water partition coefficient (Wildman–Crippen LogP) is 2.43. The van der Waals surface area contributed by atoms with E-state index in [4.69, 9.17) is 0 Å². The van der Waals surface area contributed by atoms with E-state index in [0.29, 0.717) is 5.69 Å². The SMILES string of the molecule is CCNCc1cccc(NC(=O)C(C)NC(=O)c2n[nH]c3ccccc23)c1. The number of aromatic amines is 1. The number of carbonyl (C=O) groups excluding carboxylic acids is 2. The number of aromatic nitrogens is 2. The summed E-state index contributed by atoms with van der Waals surface area (Å²) in [5, 5.41) is 16.4. The summed E-state index contributed by atoms with van der Waals surface area (Å²) in [5.74, 6) is -0.681. The second-order valence-electron chi connectivity index (χ2n) is 6.28. The van der Waals surface area contributed by atoms with Gasteiger partial charge in [0.1, 0.15) is 6.04 Å². The highest BCUT2D eigenvalue weighted by atomic mass is 16.2. The monoisotopic (exact) mass is 365 g/mol. The number of nitrogens with zero attached hydrogens (tertiary/aromatic N) is 1. The molecule has 1 aromatic heterocycles. The second-order valence-corrected chi connectivity index (χ2v) is 6.28. The molecule has 2 aromatic carbocycles. The van der Waals surface area contributed by atoms with Crippen molar-refractivity contribution in [3.8, 4) is 0 Å². The number of benzene rings is 2. The molecule has 140 valence electrons. The molecule has 4 N–H and O–H groups in total. The number of H-pyrrole nitrogens is 1. The smallest absolute Gasteiger partial charge is 0.273 e. The van der Waals surface area contributed by atoms with Gasteiger partial charge in [-0.2, -0.15) is 5.10 Å². The van der Waals surface area contributed by atoms with Crippen LogP contribution in [-0.4, -0.2) is 34.6 Å². The molecule has 3 aromatic rings. The van der Waals surface area contributed by atoms with Crippen LogP contribution in [0.1, 0.15) is 29.9 Å². The number of anilines is 1. The van der Waals surface area contributed by atoms with Gasteiger partial charge in [-0.25, -0.2) is 0 Å². The van der Waals surface area contributed by atoms with E-state index in [-0.39, 0.29) is 11.6 Å². The first-order valence-corrected chi connectivity index (χ1v) is 8.93. The minimum Gasteiger partial charge on any atom is -0.339 e. The number of carbonyl (C=O) groups is 2. The van der Waals surface area contributed by atoms with Crippen molar-refractivity contribution in [2.24, 2.45) is 0 Å². The first-order valence-electron chi connectivity index (χ1n) is 8.93. The Bertz CT molecular complexity index is 950. The highest BCUT2D eigenvalue weighted by molar-refractivity contribution is 6.06. The third kappa shape index (κ3) is 4.51. The molecule has 0 bridgehead atoms. The van der Waals surface area contributed by atoms with Gasteiger partial charge in [-0.15, -0.1) is 0 Å². The largest absolute Gasteiger partial charge is 0.339 e. The minimum atomic E-state index is -0.703. The number of para-hydroxylation sites is 1. The summed E-state index contributed by atoms with van der Waals surface area (Å²) in [6, 6.07) is 14.3. The standard InChI is InChI=1S/C20H23N5O2/c1-3-21-12-14-7-6-8-15(11-14)23-19(26)13(2)22-20(27)18-16-9-4-5-10-17(16)24-25-18/h4-11,13,21H,3,12H2,1-2H3,(H,22,27)(H,23,26)(H,24,25). The van der Waals surface area contributed by atoms with Crippen LogP contribution in [0.25, 0.3) is 10.9 Å². The van der Waals surface area contributed by atoms with Crippen molar-refractivity contribution in [3.05, 3.63) is 59.8 Å². The number of rotatable bonds is 7. The first-order chi connectivity index (χ1) is 13.1. The summed E-state index contributed by atoms with van der Waals surface area (Å²) < 4.78 is 0. The van der Waals surface area contributed by atoms with Crippen LogP contribution in [0, 0.1) is 0 Å². The molecule has 7 heteroatoms. The summed E-state index contributed by atoms with van der Waals surface area (Å²) in [5.41, 5.74) is 2.83. The lowest BCUT2D eigenvalue weighted by molar-refractivity contribution is -0.117. The number of hydrogen-bond acceptors (Lipinski definition) is 4. The summed E-state index contributed by atoms with van der Waals surface area (Å²) in [6.07, 6.45) is 0. The Labute approximate surface area is 157 Å². The topological polar surface area (TPSA) is 98.9 Å². The van der Waals surface area contributed by atoms with Crippen molar-refractivity contribution in [2.75, 3.05) is 11.9 Å². The van der Waals surface area contributed by atoms with Crippen molar-refractivity contribution in [1.82, 2.24) is 20.8 Å². The second kappa shape index (κ2) is 8.46. The Morgan fingerprint density at radius 1 is 1.15 bits per heavy atom.